The van der Waals surface area contributed by atoms with E-state index in [1.807, 2.05) is 29.2 Å². The van der Waals surface area contributed by atoms with Crippen LogP contribution in [0.15, 0.2) is 48.5 Å². The quantitative estimate of drug-likeness (QED) is 0.692. The van der Waals surface area contributed by atoms with E-state index in [-0.39, 0.29) is 11.9 Å². The predicted molar refractivity (Wildman–Crippen MR) is 126 cm³/mol. The number of urea groups is 1. The van der Waals surface area contributed by atoms with E-state index in [2.05, 4.69) is 5.32 Å². The summed E-state index contributed by atoms with van der Waals surface area (Å²) in [4.78, 5) is 30.3. The molecule has 0 aromatic heterocycles. The van der Waals surface area contributed by atoms with Gasteiger partial charge in [0.15, 0.2) is 0 Å². The Bertz CT molecular complexity index is 961. The fraction of sp³-hybridized carbons (Fsp3) is 0.417. The summed E-state index contributed by atoms with van der Waals surface area (Å²) >= 11 is 12.1. The van der Waals surface area contributed by atoms with Gasteiger partial charge in [0.2, 0.25) is 5.91 Å². The first-order chi connectivity index (χ1) is 15.5. The number of hydrogen-bond acceptors (Lipinski definition) is 3. The number of nitrogens with one attached hydrogen (secondary N) is 1. The van der Waals surface area contributed by atoms with E-state index in [9.17, 15) is 9.59 Å². The standard InChI is InChI=1S/C24H27Cl2N3O3/c25-19-7-5-18(6-8-19)24(9-15-32-16-10-24)22(30)28-11-2-12-29(14-13-28)23(31)27-21-4-1-3-20(26)17-21/h1,3-8,17H,2,9-16H2,(H,27,31). The fourth-order valence-electron chi connectivity index (χ4n) is 4.51. The van der Waals surface area contributed by atoms with E-state index in [4.69, 9.17) is 27.9 Å². The summed E-state index contributed by atoms with van der Waals surface area (Å²) in [5, 5.41) is 4.12. The first-order valence-electron chi connectivity index (χ1n) is 10.9. The molecule has 2 aliphatic rings. The number of ether oxygens (including phenoxy) is 1. The number of nitrogens with zero attached hydrogens (tertiary/aromatic N) is 2. The Morgan fingerprint density at radius 2 is 1.56 bits per heavy atom. The minimum Gasteiger partial charge on any atom is -0.381 e. The van der Waals surface area contributed by atoms with E-state index < -0.39 is 5.41 Å². The van der Waals surface area contributed by atoms with Gasteiger partial charge in [-0.2, -0.15) is 0 Å². The number of amides is 3. The lowest BCUT2D eigenvalue weighted by molar-refractivity contribution is -0.141. The van der Waals surface area contributed by atoms with Crippen molar-refractivity contribution in [2.45, 2.75) is 24.7 Å². The van der Waals surface area contributed by atoms with Crippen molar-refractivity contribution in [2.24, 2.45) is 0 Å². The summed E-state index contributed by atoms with van der Waals surface area (Å²) in [6.07, 6.45) is 2.01. The number of rotatable bonds is 3. The van der Waals surface area contributed by atoms with Gasteiger partial charge in [0.1, 0.15) is 0 Å². The molecule has 4 rings (SSSR count). The summed E-state index contributed by atoms with van der Waals surface area (Å²) in [5.41, 5.74) is 1.03. The molecule has 170 valence electrons. The zero-order valence-corrected chi connectivity index (χ0v) is 19.4. The number of carbonyl (C=O) groups excluding carboxylic acids is 2. The molecule has 2 aromatic rings. The second-order valence-corrected chi connectivity index (χ2v) is 9.15. The van der Waals surface area contributed by atoms with Crippen LogP contribution in [-0.2, 0) is 14.9 Å². The lowest BCUT2D eigenvalue weighted by Gasteiger charge is -2.40. The van der Waals surface area contributed by atoms with E-state index >= 15 is 0 Å². The normalized spacial score (nSPS) is 18.7. The Kier molecular flexibility index (Phi) is 7.23. The largest absolute Gasteiger partial charge is 0.381 e. The van der Waals surface area contributed by atoms with E-state index in [1.54, 1.807) is 29.2 Å². The van der Waals surface area contributed by atoms with Crippen LogP contribution in [0.1, 0.15) is 24.8 Å². The van der Waals surface area contributed by atoms with Gasteiger partial charge in [0.25, 0.3) is 0 Å². The third-order valence-electron chi connectivity index (χ3n) is 6.30. The molecule has 0 unspecified atom stereocenters. The Hall–Kier alpha value is -2.28. The van der Waals surface area contributed by atoms with E-state index in [0.717, 1.165) is 12.0 Å². The molecule has 0 saturated carbocycles. The van der Waals surface area contributed by atoms with Crippen molar-refractivity contribution in [3.8, 4) is 0 Å². The highest BCUT2D eigenvalue weighted by Crippen LogP contribution is 2.37. The van der Waals surface area contributed by atoms with Crippen LogP contribution in [0.25, 0.3) is 0 Å². The highest BCUT2D eigenvalue weighted by atomic mass is 35.5. The average molecular weight is 476 g/mol. The zero-order chi connectivity index (χ0) is 22.6. The van der Waals surface area contributed by atoms with Crippen molar-refractivity contribution in [1.82, 2.24) is 9.80 Å². The topological polar surface area (TPSA) is 61.9 Å². The molecule has 0 spiro atoms. The maximum Gasteiger partial charge on any atom is 0.321 e. The molecule has 2 heterocycles. The van der Waals surface area contributed by atoms with Gasteiger partial charge in [-0.05, 0) is 55.2 Å². The Labute approximate surface area is 198 Å². The van der Waals surface area contributed by atoms with Gasteiger partial charge in [-0.15, -0.1) is 0 Å². The van der Waals surface area contributed by atoms with Crippen LogP contribution in [0.5, 0.6) is 0 Å². The molecule has 1 N–H and O–H groups in total. The minimum atomic E-state index is -0.610. The molecule has 3 amide bonds. The maximum atomic E-state index is 13.8. The molecule has 2 saturated heterocycles. The van der Waals surface area contributed by atoms with E-state index in [0.29, 0.717) is 68.0 Å². The molecule has 0 atom stereocenters. The number of carbonyl (C=O) groups is 2. The predicted octanol–water partition coefficient (Wildman–Crippen LogP) is 4.81. The molecule has 8 heteroatoms. The van der Waals surface area contributed by atoms with Crippen LogP contribution in [0.3, 0.4) is 0 Å². The molecular weight excluding hydrogens is 449 g/mol. The van der Waals surface area contributed by atoms with Crippen LogP contribution < -0.4 is 5.32 Å². The first-order valence-corrected chi connectivity index (χ1v) is 11.7. The number of hydrogen-bond donors (Lipinski definition) is 1. The number of anilines is 1. The Morgan fingerprint density at radius 3 is 2.28 bits per heavy atom. The second kappa shape index (κ2) is 10.1. The van der Waals surface area contributed by atoms with Crippen LogP contribution in [0, 0.1) is 0 Å². The number of halogens is 2. The van der Waals surface area contributed by atoms with Crippen molar-refractivity contribution in [1.29, 1.82) is 0 Å². The smallest absolute Gasteiger partial charge is 0.321 e. The zero-order valence-electron chi connectivity index (χ0n) is 17.9. The van der Waals surface area contributed by atoms with Crippen molar-refractivity contribution >= 4 is 40.8 Å². The van der Waals surface area contributed by atoms with Gasteiger partial charge in [-0.1, -0.05) is 41.4 Å². The molecule has 2 aromatic carbocycles. The SMILES string of the molecule is O=C(Nc1cccc(Cl)c1)N1CCCN(C(=O)C2(c3ccc(Cl)cc3)CCOCC2)CC1. The van der Waals surface area contributed by atoms with Gasteiger partial charge in [-0.25, -0.2) is 4.79 Å². The van der Waals surface area contributed by atoms with Crippen molar-refractivity contribution in [3.63, 3.8) is 0 Å². The van der Waals surface area contributed by atoms with Gasteiger partial charge >= 0.3 is 6.03 Å². The molecule has 2 fully saturated rings. The lowest BCUT2D eigenvalue weighted by Crippen LogP contribution is -2.51. The minimum absolute atomic E-state index is 0.111. The van der Waals surface area contributed by atoms with Crippen molar-refractivity contribution in [3.05, 3.63) is 64.1 Å². The second-order valence-electron chi connectivity index (χ2n) is 8.27. The highest BCUT2D eigenvalue weighted by Gasteiger charge is 2.44. The highest BCUT2D eigenvalue weighted by molar-refractivity contribution is 6.31. The summed E-state index contributed by atoms with van der Waals surface area (Å²) < 4.78 is 5.58. The van der Waals surface area contributed by atoms with Crippen LogP contribution >= 0.6 is 23.2 Å². The molecule has 0 aliphatic carbocycles. The summed E-state index contributed by atoms with van der Waals surface area (Å²) in [5.74, 6) is 0.111. The van der Waals surface area contributed by atoms with Crippen LogP contribution in [0.2, 0.25) is 10.0 Å². The van der Waals surface area contributed by atoms with Crippen molar-refractivity contribution in [2.75, 3.05) is 44.7 Å². The molecular formula is C24H27Cl2N3O3. The van der Waals surface area contributed by atoms with Crippen LogP contribution in [-0.4, -0.2) is 61.1 Å². The fourth-order valence-corrected chi connectivity index (χ4v) is 4.83. The molecule has 2 aliphatic heterocycles. The number of benzene rings is 2. The van der Waals surface area contributed by atoms with E-state index in [1.165, 1.54) is 0 Å². The molecule has 0 radical (unpaired) electrons. The summed E-state index contributed by atoms with van der Waals surface area (Å²) in [6, 6.07) is 14.5. The van der Waals surface area contributed by atoms with Crippen molar-refractivity contribution < 1.29 is 14.3 Å². The summed E-state index contributed by atoms with van der Waals surface area (Å²) in [7, 11) is 0. The molecule has 6 nitrogen and oxygen atoms in total. The monoisotopic (exact) mass is 475 g/mol. The third kappa shape index (κ3) is 5.03. The lowest BCUT2D eigenvalue weighted by atomic mass is 9.73. The van der Waals surface area contributed by atoms with Gasteiger partial charge < -0.3 is 19.9 Å². The third-order valence-corrected chi connectivity index (χ3v) is 6.79. The van der Waals surface area contributed by atoms with Crippen LogP contribution in [0.4, 0.5) is 10.5 Å². The summed E-state index contributed by atoms with van der Waals surface area (Å²) in [6.45, 7) is 3.29. The Balaban J connectivity index is 1.46. The first kappa shape index (κ1) is 22.9. The Morgan fingerprint density at radius 1 is 0.875 bits per heavy atom. The maximum absolute atomic E-state index is 13.8. The van der Waals surface area contributed by atoms with Gasteiger partial charge in [-0.3, -0.25) is 4.79 Å². The van der Waals surface area contributed by atoms with Gasteiger partial charge in [0, 0.05) is 55.1 Å². The molecule has 0 bridgehead atoms. The van der Waals surface area contributed by atoms with Gasteiger partial charge in [0.05, 0.1) is 5.41 Å². The average Bonchev–Trinajstić information content (AvgIpc) is 3.06. The molecule has 32 heavy (non-hydrogen) atoms.